The molecule has 7 nitrogen and oxygen atoms in total. The Bertz CT molecular complexity index is 1090. The van der Waals surface area contributed by atoms with Crippen LogP contribution in [-0.4, -0.2) is 36.8 Å². The number of hydrogen-bond donors (Lipinski definition) is 1. The molecule has 1 aliphatic heterocycles. The average Bonchev–Trinajstić information content (AvgIpc) is 3.03. The van der Waals surface area contributed by atoms with Crippen molar-refractivity contribution in [2.24, 2.45) is 10.1 Å². The summed E-state index contributed by atoms with van der Waals surface area (Å²) in [7, 11) is -2.02. The van der Waals surface area contributed by atoms with Crippen molar-refractivity contribution in [2.75, 3.05) is 7.11 Å². The molecule has 4 rings (SSSR count). The lowest BCUT2D eigenvalue weighted by Gasteiger charge is -2.34. The van der Waals surface area contributed by atoms with E-state index in [1.165, 1.54) is 12.1 Å². The third-order valence-corrected chi connectivity index (χ3v) is 5.92. The normalized spacial score (nSPS) is 21.1. The largest absolute Gasteiger partial charge is 0.501 e. The fraction of sp³-hybridized carbons (Fsp3) is 0.263. The number of imidazole rings is 1. The SMILES string of the molecule is COC1=CC=C2c3c(ncn3Cc3ccc(S(N)(=O)=O)cc3)C=NC2(C)C1. The summed E-state index contributed by atoms with van der Waals surface area (Å²) in [5, 5.41) is 5.16. The summed E-state index contributed by atoms with van der Waals surface area (Å²) >= 11 is 0. The molecule has 8 heteroatoms. The number of benzene rings is 1. The van der Waals surface area contributed by atoms with Gasteiger partial charge in [-0.1, -0.05) is 18.2 Å². The van der Waals surface area contributed by atoms with Gasteiger partial charge in [-0.3, -0.25) is 4.99 Å². The first-order chi connectivity index (χ1) is 12.8. The molecule has 0 saturated carbocycles. The number of ether oxygens (including phenoxy) is 1. The van der Waals surface area contributed by atoms with E-state index in [4.69, 9.17) is 14.9 Å². The van der Waals surface area contributed by atoms with Crippen molar-refractivity contribution in [3.63, 3.8) is 0 Å². The topological polar surface area (TPSA) is 99.6 Å². The highest BCUT2D eigenvalue weighted by molar-refractivity contribution is 7.89. The Morgan fingerprint density at radius 2 is 2.00 bits per heavy atom. The van der Waals surface area contributed by atoms with Crippen LogP contribution in [0.25, 0.3) is 5.57 Å². The van der Waals surface area contributed by atoms with Crippen molar-refractivity contribution >= 4 is 21.8 Å². The zero-order chi connectivity index (χ0) is 19.2. The zero-order valence-electron chi connectivity index (χ0n) is 15.1. The van der Waals surface area contributed by atoms with Crippen LogP contribution in [0.4, 0.5) is 0 Å². The van der Waals surface area contributed by atoms with E-state index in [1.54, 1.807) is 25.6 Å². The molecule has 0 bridgehead atoms. The molecule has 27 heavy (non-hydrogen) atoms. The van der Waals surface area contributed by atoms with Crippen LogP contribution in [0.1, 0.15) is 30.3 Å². The molecule has 0 saturated heterocycles. The number of sulfonamides is 1. The van der Waals surface area contributed by atoms with Gasteiger partial charge >= 0.3 is 0 Å². The van der Waals surface area contributed by atoms with Crippen LogP contribution in [0.15, 0.2) is 58.4 Å². The van der Waals surface area contributed by atoms with Gasteiger partial charge in [0.25, 0.3) is 0 Å². The van der Waals surface area contributed by atoms with E-state index in [1.807, 2.05) is 18.4 Å². The van der Waals surface area contributed by atoms with Gasteiger partial charge in [-0.15, -0.1) is 0 Å². The molecule has 140 valence electrons. The molecular formula is C19H20N4O3S. The number of nitrogens with two attached hydrogens (primary N) is 1. The molecule has 2 aliphatic rings. The van der Waals surface area contributed by atoms with E-state index in [-0.39, 0.29) is 10.4 Å². The second-order valence-electron chi connectivity index (χ2n) is 6.92. The van der Waals surface area contributed by atoms with Crippen molar-refractivity contribution in [3.05, 3.63) is 65.5 Å². The summed E-state index contributed by atoms with van der Waals surface area (Å²) < 4.78 is 30.3. The number of aromatic nitrogens is 2. The number of fused-ring (bicyclic) bond motifs is 3. The number of rotatable bonds is 4. The van der Waals surface area contributed by atoms with Crippen molar-refractivity contribution in [1.29, 1.82) is 0 Å². The quantitative estimate of drug-likeness (QED) is 0.872. The summed E-state index contributed by atoms with van der Waals surface area (Å²) in [6.45, 7) is 2.65. The Morgan fingerprint density at radius 1 is 1.26 bits per heavy atom. The van der Waals surface area contributed by atoms with Crippen LogP contribution in [-0.2, 0) is 21.3 Å². The van der Waals surface area contributed by atoms with E-state index < -0.39 is 10.0 Å². The molecule has 1 unspecified atom stereocenters. The van der Waals surface area contributed by atoms with E-state index in [2.05, 4.69) is 16.5 Å². The number of hydrogen-bond acceptors (Lipinski definition) is 5. The number of primary sulfonamides is 1. The molecule has 2 N–H and O–H groups in total. The van der Waals surface area contributed by atoms with Crippen LogP contribution >= 0.6 is 0 Å². The van der Waals surface area contributed by atoms with Crippen molar-refractivity contribution in [2.45, 2.75) is 30.3 Å². The van der Waals surface area contributed by atoms with Crippen molar-refractivity contribution in [3.8, 4) is 0 Å². The predicted molar refractivity (Wildman–Crippen MR) is 103 cm³/mol. The lowest BCUT2D eigenvalue weighted by atomic mass is 9.80. The number of allylic oxidation sites excluding steroid dienone is 2. The van der Waals surface area contributed by atoms with Gasteiger partial charge in [-0.25, -0.2) is 18.5 Å². The number of methoxy groups -OCH3 is 1. The van der Waals surface area contributed by atoms with Gasteiger partial charge in [0.2, 0.25) is 10.0 Å². The van der Waals surface area contributed by atoms with E-state index in [9.17, 15) is 8.42 Å². The van der Waals surface area contributed by atoms with E-state index in [0.717, 1.165) is 28.3 Å². The molecule has 2 aromatic rings. The minimum Gasteiger partial charge on any atom is -0.501 e. The highest BCUT2D eigenvalue weighted by Crippen LogP contribution is 2.42. The smallest absolute Gasteiger partial charge is 0.238 e. The number of aliphatic imine (C=N–C) groups is 1. The van der Waals surface area contributed by atoms with E-state index in [0.29, 0.717) is 13.0 Å². The molecule has 1 aliphatic carbocycles. The maximum Gasteiger partial charge on any atom is 0.238 e. The van der Waals surface area contributed by atoms with Gasteiger partial charge in [0.15, 0.2) is 0 Å². The third kappa shape index (κ3) is 3.11. The van der Waals surface area contributed by atoms with Crippen LogP contribution in [0.3, 0.4) is 0 Å². The molecule has 0 spiro atoms. The maximum atomic E-state index is 11.4. The van der Waals surface area contributed by atoms with Gasteiger partial charge in [-0.2, -0.15) is 0 Å². The van der Waals surface area contributed by atoms with Crippen LogP contribution in [0.2, 0.25) is 0 Å². The summed E-state index contributed by atoms with van der Waals surface area (Å²) in [6.07, 6.45) is 8.30. The summed E-state index contributed by atoms with van der Waals surface area (Å²) in [5.41, 5.74) is 3.52. The first kappa shape index (κ1) is 17.7. The maximum absolute atomic E-state index is 11.4. The third-order valence-electron chi connectivity index (χ3n) is 4.99. The van der Waals surface area contributed by atoms with Crippen molar-refractivity contribution < 1.29 is 13.2 Å². The average molecular weight is 384 g/mol. The summed E-state index contributed by atoms with van der Waals surface area (Å²) in [5.74, 6) is 0.895. The van der Waals surface area contributed by atoms with E-state index >= 15 is 0 Å². The Balaban J connectivity index is 1.71. The highest BCUT2D eigenvalue weighted by atomic mass is 32.2. The lowest BCUT2D eigenvalue weighted by Crippen LogP contribution is -2.31. The predicted octanol–water partition coefficient (Wildman–Crippen LogP) is 2.09. The summed E-state index contributed by atoms with van der Waals surface area (Å²) in [4.78, 5) is 9.29. The molecule has 0 radical (unpaired) electrons. The Hall–Kier alpha value is -2.71. The second kappa shape index (κ2) is 6.17. The Kier molecular flexibility index (Phi) is 4.05. The zero-order valence-corrected chi connectivity index (χ0v) is 15.9. The molecular weight excluding hydrogens is 364 g/mol. The molecule has 1 aromatic carbocycles. The van der Waals surface area contributed by atoms with Crippen LogP contribution < -0.4 is 5.14 Å². The summed E-state index contributed by atoms with van der Waals surface area (Å²) in [6, 6.07) is 6.57. The van der Waals surface area contributed by atoms with Gasteiger partial charge in [0.1, 0.15) is 5.69 Å². The van der Waals surface area contributed by atoms with Gasteiger partial charge in [0, 0.05) is 18.5 Å². The van der Waals surface area contributed by atoms with Crippen LogP contribution in [0, 0.1) is 0 Å². The first-order valence-electron chi connectivity index (χ1n) is 8.48. The fourth-order valence-electron chi connectivity index (χ4n) is 3.53. The fourth-order valence-corrected chi connectivity index (χ4v) is 4.04. The first-order valence-corrected chi connectivity index (χ1v) is 10.0. The Labute approximate surface area is 157 Å². The second-order valence-corrected chi connectivity index (χ2v) is 8.48. The van der Waals surface area contributed by atoms with Crippen molar-refractivity contribution in [1.82, 2.24) is 9.55 Å². The monoisotopic (exact) mass is 384 g/mol. The molecule has 0 amide bonds. The minimum atomic E-state index is -3.69. The minimum absolute atomic E-state index is 0.103. The van der Waals surface area contributed by atoms with Gasteiger partial charge in [-0.05, 0) is 30.7 Å². The lowest BCUT2D eigenvalue weighted by molar-refractivity contribution is 0.262. The van der Waals surface area contributed by atoms with Gasteiger partial charge in [0.05, 0.1) is 41.5 Å². The molecule has 0 fully saturated rings. The molecule has 1 aromatic heterocycles. The highest BCUT2D eigenvalue weighted by Gasteiger charge is 2.38. The Morgan fingerprint density at radius 3 is 2.67 bits per heavy atom. The molecule has 1 atom stereocenters. The number of nitrogens with zero attached hydrogens (tertiary/aromatic N) is 3. The van der Waals surface area contributed by atoms with Crippen LogP contribution in [0.5, 0.6) is 0 Å². The molecule has 2 heterocycles. The van der Waals surface area contributed by atoms with Gasteiger partial charge < -0.3 is 9.30 Å². The standard InChI is InChI=1S/C19H20N4O3S/c1-19-9-14(26-2)5-8-16(19)18-17(10-22-19)21-12-23(18)11-13-3-6-15(7-4-13)27(20,24)25/h3-8,10,12H,9,11H2,1-2H3,(H2,20,24,25).